The minimum absolute atomic E-state index is 0.118. The summed E-state index contributed by atoms with van der Waals surface area (Å²) >= 11 is 0. The Morgan fingerprint density at radius 3 is 2.17 bits per heavy atom. The predicted octanol–water partition coefficient (Wildman–Crippen LogP) is 4.31. The second-order valence-electron chi connectivity index (χ2n) is 6.36. The summed E-state index contributed by atoms with van der Waals surface area (Å²) in [5.41, 5.74) is -2.81. The Morgan fingerprint density at radius 1 is 0.897 bits per heavy atom. The highest BCUT2D eigenvalue weighted by Crippen LogP contribution is 2.56. The molecule has 1 fully saturated rings. The molecule has 0 spiro atoms. The van der Waals surface area contributed by atoms with Gasteiger partial charge in [0, 0.05) is 17.2 Å². The number of alkyl halides is 2. The number of hydrogen-bond acceptors (Lipinski definition) is 3. The Balaban J connectivity index is 1.60. The van der Waals surface area contributed by atoms with Gasteiger partial charge in [-0.25, -0.2) is 18.2 Å². The van der Waals surface area contributed by atoms with E-state index in [0.717, 1.165) is 24.5 Å². The van der Waals surface area contributed by atoms with Crippen LogP contribution >= 0.6 is 0 Å². The average Bonchev–Trinajstić information content (AvgIpc) is 3.50. The lowest BCUT2D eigenvalue weighted by molar-refractivity contribution is -0.0904. The van der Waals surface area contributed by atoms with Gasteiger partial charge in [0.15, 0.2) is 5.60 Å². The van der Waals surface area contributed by atoms with Crippen LogP contribution in [0.1, 0.15) is 22.5 Å². The van der Waals surface area contributed by atoms with Crippen LogP contribution in [0.2, 0.25) is 0 Å². The molecule has 29 heavy (non-hydrogen) atoms. The Kier molecular flexibility index (Phi) is 4.55. The number of nitrogens with zero attached hydrogens (tertiary/aromatic N) is 2. The zero-order valence-electron chi connectivity index (χ0n) is 14.6. The first-order valence-corrected chi connectivity index (χ1v) is 8.39. The van der Waals surface area contributed by atoms with Crippen LogP contribution in [0.25, 0.3) is 0 Å². The summed E-state index contributed by atoms with van der Waals surface area (Å²) in [4.78, 5) is 7.55. The van der Waals surface area contributed by atoms with Crippen molar-refractivity contribution in [3.05, 3.63) is 94.8 Å². The highest BCUT2D eigenvalue weighted by Gasteiger charge is 2.68. The molecule has 0 aliphatic carbocycles. The van der Waals surface area contributed by atoms with E-state index in [-0.39, 0.29) is 5.69 Å². The van der Waals surface area contributed by atoms with Crippen molar-refractivity contribution in [2.45, 2.75) is 11.5 Å². The largest absolute Gasteiger partial charge is 0.357 e. The third-order valence-electron chi connectivity index (χ3n) is 4.46. The highest BCUT2D eigenvalue weighted by molar-refractivity contribution is 5.40. The van der Waals surface area contributed by atoms with Crippen molar-refractivity contribution in [2.75, 3.05) is 6.61 Å². The molecule has 2 aromatic carbocycles. The number of rotatable bonds is 3. The van der Waals surface area contributed by atoms with Crippen molar-refractivity contribution in [1.82, 2.24) is 9.97 Å². The summed E-state index contributed by atoms with van der Waals surface area (Å²) in [6.07, 6.45) is 1.89. The first-order valence-electron chi connectivity index (χ1n) is 8.39. The van der Waals surface area contributed by atoms with E-state index in [9.17, 15) is 13.2 Å². The van der Waals surface area contributed by atoms with Crippen molar-refractivity contribution in [3.8, 4) is 11.8 Å². The maximum Gasteiger partial charge on any atom is 0.325 e. The van der Waals surface area contributed by atoms with Gasteiger partial charge in [0.25, 0.3) is 0 Å². The standard InChI is InChI=1S/C21H11F5N2O/c22-14-4-1-13(2-5-14)3-7-16-10-28-19(11-27-16)21(25,26)20(12-29-20)17-8-6-15(23)9-18(17)24/h1-2,4-6,8-11H,12H2. The lowest BCUT2D eigenvalue weighted by Gasteiger charge is -2.23. The summed E-state index contributed by atoms with van der Waals surface area (Å²) < 4.78 is 75.0. The van der Waals surface area contributed by atoms with E-state index >= 15 is 8.78 Å². The van der Waals surface area contributed by atoms with Gasteiger partial charge in [-0.1, -0.05) is 5.92 Å². The molecule has 0 radical (unpaired) electrons. The summed E-state index contributed by atoms with van der Waals surface area (Å²) in [5.74, 6) is -0.774. The van der Waals surface area contributed by atoms with Gasteiger partial charge in [-0.15, -0.1) is 0 Å². The van der Waals surface area contributed by atoms with Crippen LogP contribution in [-0.4, -0.2) is 16.6 Å². The van der Waals surface area contributed by atoms with Crippen LogP contribution in [-0.2, 0) is 16.3 Å². The van der Waals surface area contributed by atoms with E-state index < -0.39 is 46.8 Å². The van der Waals surface area contributed by atoms with Crippen LogP contribution in [0.15, 0.2) is 54.9 Å². The van der Waals surface area contributed by atoms with Gasteiger partial charge in [0.2, 0.25) is 0 Å². The fraction of sp³-hybridized carbons (Fsp3) is 0.143. The molecule has 1 aromatic heterocycles. The molecule has 4 rings (SSSR count). The fourth-order valence-corrected chi connectivity index (χ4v) is 2.83. The van der Waals surface area contributed by atoms with E-state index in [4.69, 9.17) is 4.74 Å². The second-order valence-corrected chi connectivity index (χ2v) is 6.36. The van der Waals surface area contributed by atoms with Crippen LogP contribution in [0.4, 0.5) is 22.0 Å². The molecule has 146 valence electrons. The summed E-state index contributed by atoms with van der Waals surface area (Å²) in [7, 11) is 0. The maximum atomic E-state index is 15.0. The molecule has 0 saturated carbocycles. The molecule has 0 bridgehead atoms. The lowest BCUT2D eigenvalue weighted by atomic mass is 9.90. The van der Waals surface area contributed by atoms with E-state index in [1.165, 1.54) is 24.3 Å². The topological polar surface area (TPSA) is 38.3 Å². The van der Waals surface area contributed by atoms with Gasteiger partial charge in [-0.05, 0) is 42.3 Å². The number of hydrogen-bond donors (Lipinski definition) is 0. The molecular formula is C21H11F5N2O. The van der Waals surface area contributed by atoms with Crippen molar-refractivity contribution in [2.24, 2.45) is 0 Å². The zero-order valence-corrected chi connectivity index (χ0v) is 14.6. The molecule has 3 aromatic rings. The van der Waals surface area contributed by atoms with Gasteiger partial charge in [0.05, 0.1) is 19.0 Å². The molecule has 3 nitrogen and oxygen atoms in total. The van der Waals surface area contributed by atoms with Crippen LogP contribution in [0.3, 0.4) is 0 Å². The second kappa shape index (κ2) is 6.94. The Bertz CT molecular complexity index is 1110. The highest BCUT2D eigenvalue weighted by atomic mass is 19.3. The molecule has 1 unspecified atom stereocenters. The third kappa shape index (κ3) is 3.45. The van der Waals surface area contributed by atoms with Gasteiger partial charge in [-0.2, -0.15) is 8.78 Å². The van der Waals surface area contributed by atoms with Crippen molar-refractivity contribution >= 4 is 0 Å². The van der Waals surface area contributed by atoms with E-state index in [1.807, 2.05) is 0 Å². The van der Waals surface area contributed by atoms with E-state index in [0.29, 0.717) is 11.6 Å². The molecule has 8 heteroatoms. The minimum atomic E-state index is -3.71. The molecule has 0 N–H and O–H groups in total. The molecule has 0 amide bonds. The van der Waals surface area contributed by atoms with Gasteiger partial charge in [-0.3, -0.25) is 4.98 Å². The van der Waals surface area contributed by atoms with Gasteiger partial charge >= 0.3 is 5.92 Å². The number of ether oxygens (including phenoxy) is 1. The van der Waals surface area contributed by atoms with E-state index in [1.54, 1.807) is 0 Å². The number of halogens is 5. The molecule has 1 aliphatic rings. The SMILES string of the molecule is Fc1ccc(C#Cc2cnc(C(F)(F)C3(c4ccc(F)cc4F)CO3)cn2)cc1. The normalized spacial score (nSPS) is 18.1. The lowest BCUT2D eigenvalue weighted by Crippen LogP contribution is -2.34. The monoisotopic (exact) mass is 402 g/mol. The minimum Gasteiger partial charge on any atom is -0.357 e. The van der Waals surface area contributed by atoms with Crippen molar-refractivity contribution < 1.29 is 26.7 Å². The number of benzene rings is 2. The quantitative estimate of drug-likeness (QED) is 0.372. The smallest absolute Gasteiger partial charge is 0.325 e. The Hall–Kier alpha value is -3.31. The molecular weight excluding hydrogens is 391 g/mol. The molecule has 1 atom stereocenters. The van der Waals surface area contributed by atoms with Crippen molar-refractivity contribution in [1.29, 1.82) is 0 Å². The molecule has 1 aliphatic heterocycles. The summed E-state index contributed by atoms with van der Waals surface area (Å²) in [6, 6.07) is 7.74. The van der Waals surface area contributed by atoms with Gasteiger partial charge in [0.1, 0.15) is 28.8 Å². The van der Waals surface area contributed by atoms with Gasteiger partial charge < -0.3 is 4.74 Å². The van der Waals surface area contributed by atoms with Crippen LogP contribution < -0.4 is 0 Å². The zero-order chi connectivity index (χ0) is 20.6. The van der Waals surface area contributed by atoms with Crippen LogP contribution in [0.5, 0.6) is 0 Å². The van der Waals surface area contributed by atoms with Crippen LogP contribution in [0, 0.1) is 29.3 Å². The predicted molar refractivity (Wildman–Crippen MR) is 92.3 cm³/mol. The summed E-state index contributed by atoms with van der Waals surface area (Å²) in [6.45, 7) is -0.448. The first-order chi connectivity index (χ1) is 13.8. The fourth-order valence-electron chi connectivity index (χ4n) is 2.83. The average molecular weight is 402 g/mol. The Labute approximate surface area is 162 Å². The summed E-state index contributed by atoms with van der Waals surface area (Å²) in [5, 5.41) is 0. The first kappa shape index (κ1) is 19.0. The molecule has 2 heterocycles. The number of epoxide rings is 1. The number of aromatic nitrogens is 2. The van der Waals surface area contributed by atoms with Crippen molar-refractivity contribution in [3.63, 3.8) is 0 Å². The Morgan fingerprint density at radius 2 is 1.59 bits per heavy atom. The third-order valence-corrected chi connectivity index (χ3v) is 4.46. The molecule has 1 saturated heterocycles. The maximum absolute atomic E-state index is 15.0. The van der Waals surface area contributed by atoms with E-state index in [2.05, 4.69) is 21.8 Å².